The number of nitrogens with zero attached hydrogens (tertiary/aromatic N) is 1. The zero-order valence-corrected chi connectivity index (χ0v) is 11.1. The number of piperazine rings is 1. The van der Waals surface area contributed by atoms with Gasteiger partial charge in [-0.15, -0.1) is 0 Å². The molecule has 0 aromatic heterocycles. The molecule has 3 rings (SSSR count). The molecular weight excluding hydrogens is 230 g/mol. The summed E-state index contributed by atoms with van der Waals surface area (Å²) in [5, 5.41) is 3.44. The van der Waals surface area contributed by atoms with Crippen molar-refractivity contribution in [2.24, 2.45) is 5.73 Å². The quantitative estimate of drug-likeness (QED) is 0.700. The molecule has 1 spiro atoms. The summed E-state index contributed by atoms with van der Waals surface area (Å²) in [6.45, 7) is 6.47. The summed E-state index contributed by atoms with van der Waals surface area (Å²) in [6.07, 6.45) is 3.31. The molecule has 3 fully saturated rings. The van der Waals surface area contributed by atoms with E-state index in [4.69, 9.17) is 15.2 Å². The normalized spacial score (nSPS) is 42.5. The molecule has 0 aromatic rings. The van der Waals surface area contributed by atoms with E-state index in [1.54, 1.807) is 0 Å². The summed E-state index contributed by atoms with van der Waals surface area (Å²) in [6, 6.07) is 1.11. The van der Waals surface area contributed by atoms with Gasteiger partial charge in [0.1, 0.15) is 0 Å². The summed E-state index contributed by atoms with van der Waals surface area (Å²) in [7, 11) is 0. The third kappa shape index (κ3) is 2.42. The summed E-state index contributed by atoms with van der Waals surface area (Å²) < 4.78 is 11.6. The molecule has 0 bridgehead atoms. The minimum Gasteiger partial charge on any atom is -0.378 e. The van der Waals surface area contributed by atoms with Gasteiger partial charge in [0.05, 0.1) is 12.2 Å². The number of hydrogen-bond acceptors (Lipinski definition) is 5. The molecule has 3 atom stereocenters. The van der Waals surface area contributed by atoms with Crippen molar-refractivity contribution >= 4 is 0 Å². The number of nitrogens with two attached hydrogens (primary N) is 1. The van der Waals surface area contributed by atoms with Crippen molar-refractivity contribution in [2.45, 2.75) is 36.9 Å². The SMILES string of the molecule is NCC1CNCCN1C1CCOC2(CCOC2)C1. The molecule has 0 radical (unpaired) electrons. The lowest BCUT2D eigenvalue weighted by Crippen LogP contribution is -2.60. The van der Waals surface area contributed by atoms with Crippen LogP contribution in [0, 0.1) is 0 Å². The zero-order chi connectivity index (χ0) is 12.4. The average Bonchev–Trinajstić information content (AvgIpc) is 2.86. The van der Waals surface area contributed by atoms with Gasteiger partial charge in [-0.3, -0.25) is 4.90 Å². The van der Waals surface area contributed by atoms with Gasteiger partial charge >= 0.3 is 0 Å². The van der Waals surface area contributed by atoms with E-state index >= 15 is 0 Å². The highest BCUT2D eigenvalue weighted by Gasteiger charge is 2.43. The Morgan fingerprint density at radius 2 is 2.33 bits per heavy atom. The van der Waals surface area contributed by atoms with Crippen LogP contribution in [0.5, 0.6) is 0 Å². The van der Waals surface area contributed by atoms with Crippen molar-refractivity contribution in [1.82, 2.24) is 10.2 Å². The molecule has 5 nitrogen and oxygen atoms in total. The lowest BCUT2D eigenvalue weighted by molar-refractivity contribution is -0.112. The van der Waals surface area contributed by atoms with Gasteiger partial charge in [-0.05, 0) is 12.8 Å². The van der Waals surface area contributed by atoms with Gasteiger partial charge in [0.25, 0.3) is 0 Å². The summed E-state index contributed by atoms with van der Waals surface area (Å²) in [4.78, 5) is 2.61. The summed E-state index contributed by atoms with van der Waals surface area (Å²) >= 11 is 0. The smallest absolute Gasteiger partial charge is 0.0951 e. The van der Waals surface area contributed by atoms with E-state index in [1.807, 2.05) is 0 Å². The zero-order valence-electron chi connectivity index (χ0n) is 11.1. The van der Waals surface area contributed by atoms with Gasteiger partial charge in [0.2, 0.25) is 0 Å². The van der Waals surface area contributed by atoms with E-state index in [0.717, 1.165) is 65.3 Å². The molecule has 5 heteroatoms. The van der Waals surface area contributed by atoms with Gasteiger partial charge in [-0.25, -0.2) is 0 Å². The first-order valence-electron chi connectivity index (χ1n) is 7.21. The Morgan fingerprint density at radius 3 is 3.11 bits per heavy atom. The minimum atomic E-state index is 0.00689. The third-order valence-electron chi connectivity index (χ3n) is 4.67. The lowest BCUT2D eigenvalue weighted by atomic mass is 9.88. The van der Waals surface area contributed by atoms with E-state index in [1.165, 1.54) is 0 Å². The molecule has 3 aliphatic rings. The van der Waals surface area contributed by atoms with Crippen LogP contribution < -0.4 is 11.1 Å². The van der Waals surface area contributed by atoms with Gasteiger partial charge in [-0.2, -0.15) is 0 Å². The molecular formula is C13H25N3O2. The van der Waals surface area contributed by atoms with Gasteiger partial charge in [0.15, 0.2) is 0 Å². The van der Waals surface area contributed by atoms with Crippen LogP contribution in [-0.4, -0.2) is 68.6 Å². The molecule has 0 saturated carbocycles. The predicted molar refractivity (Wildman–Crippen MR) is 69.6 cm³/mol. The van der Waals surface area contributed by atoms with Crippen LogP contribution in [0.2, 0.25) is 0 Å². The van der Waals surface area contributed by atoms with Gasteiger partial charge < -0.3 is 20.5 Å². The predicted octanol–water partition coefficient (Wildman–Crippen LogP) is -0.443. The topological polar surface area (TPSA) is 59.8 Å². The molecule has 104 valence electrons. The van der Waals surface area contributed by atoms with Crippen molar-refractivity contribution in [3.63, 3.8) is 0 Å². The van der Waals surface area contributed by atoms with E-state index < -0.39 is 0 Å². The van der Waals surface area contributed by atoms with E-state index in [-0.39, 0.29) is 5.60 Å². The monoisotopic (exact) mass is 255 g/mol. The number of rotatable bonds is 2. The third-order valence-corrected chi connectivity index (χ3v) is 4.67. The Labute approximate surface area is 109 Å². The van der Waals surface area contributed by atoms with E-state index in [0.29, 0.717) is 12.1 Å². The Kier molecular flexibility index (Phi) is 3.86. The minimum absolute atomic E-state index is 0.00689. The number of nitrogens with one attached hydrogen (secondary N) is 1. The van der Waals surface area contributed by atoms with Crippen LogP contribution in [0.3, 0.4) is 0 Å². The van der Waals surface area contributed by atoms with Crippen LogP contribution in [-0.2, 0) is 9.47 Å². The summed E-state index contributed by atoms with van der Waals surface area (Å²) in [5.74, 6) is 0. The van der Waals surface area contributed by atoms with Crippen molar-refractivity contribution in [3.8, 4) is 0 Å². The fourth-order valence-electron chi connectivity index (χ4n) is 3.62. The molecule has 18 heavy (non-hydrogen) atoms. The van der Waals surface area contributed by atoms with Crippen molar-refractivity contribution < 1.29 is 9.47 Å². The lowest BCUT2D eigenvalue weighted by Gasteiger charge is -2.46. The van der Waals surface area contributed by atoms with Crippen molar-refractivity contribution in [1.29, 1.82) is 0 Å². The maximum absolute atomic E-state index is 6.02. The van der Waals surface area contributed by atoms with Crippen LogP contribution in [0.25, 0.3) is 0 Å². The van der Waals surface area contributed by atoms with Crippen molar-refractivity contribution in [3.05, 3.63) is 0 Å². The second-order valence-electron chi connectivity index (χ2n) is 5.81. The molecule has 3 saturated heterocycles. The first-order chi connectivity index (χ1) is 8.83. The average molecular weight is 255 g/mol. The molecule has 0 amide bonds. The Bertz CT molecular complexity index is 281. The number of ether oxygens (including phenoxy) is 2. The molecule has 3 heterocycles. The van der Waals surface area contributed by atoms with Crippen molar-refractivity contribution in [2.75, 3.05) is 46.0 Å². The fourth-order valence-corrected chi connectivity index (χ4v) is 3.62. The Balaban J connectivity index is 1.67. The van der Waals surface area contributed by atoms with Crippen LogP contribution >= 0.6 is 0 Å². The second kappa shape index (κ2) is 5.43. The highest BCUT2D eigenvalue weighted by molar-refractivity contribution is 4.96. The van der Waals surface area contributed by atoms with Gasteiger partial charge in [0, 0.05) is 57.9 Å². The van der Waals surface area contributed by atoms with Crippen LogP contribution in [0.15, 0.2) is 0 Å². The Morgan fingerprint density at radius 1 is 1.39 bits per heavy atom. The highest BCUT2D eigenvalue weighted by atomic mass is 16.6. The standard InChI is InChI=1S/C13H25N3O2/c14-8-12-9-15-3-4-16(12)11-1-5-18-13(7-11)2-6-17-10-13/h11-12,15H,1-10,14H2. The molecule has 0 aliphatic carbocycles. The molecule has 3 unspecified atom stereocenters. The maximum atomic E-state index is 6.02. The van der Waals surface area contributed by atoms with E-state index in [9.17, 15) is 0 Å². The fraction of sp³-hybridized carbons (Fsp3) is 1.00. The summed E-state index contributed by atoms with van der Waals surface area (Å²) in [5.41, 5.74) is 5.91. The van der Waals surface area contributed by atoms with Crippen LogP contribution in [0.4, 0.5) is 0 Å². The van der Waals surface area contributed by atoms with Gasteiger partial charge in [-0.1, -0.05) is 0 Å². The molecule has 3 aliphatic heterocycles. The molecule has 3 N–H and O–H groups in total. The Hall–Kier alpha value is -0.200. The first kappa shape index (κ1) is 12.8. The van der Waals surface area contributed by atoms with E-state index in [2.05, 4.69) is 10.2 Å². The molecule has 0 aromatic carbocycles. The second-order valence-corrected chi connectivity index (χ2v) is 5.81. The first-order valence-corrected chi connectivity index (χ1v) is 7.21. The maximum Gasteiger partial charge on any atom is 0.0951 e. The largest absolute Gasteiger partial charge is 0.378 e. The van der Waals surface area contributed by atoms with Crippen LogP contribution in [0.1, 0.15) is 19.3 Å². The number of hydrogen-bond donors (Lipinski definition) is 2. The highest BCUT2D eigenvalue weighted by Crippen LogP contribution is 2.35.